The average molecular weight is 377 g/mol. The maximum Gasteiger partial charge on any atom is 0.265 e. The molecule has 0 fully saturated rings. The molecule has 0 aliphatic heterocycles. The summed E-state index contributed by atoms with van der Waals surface area (Å²) in [5.74, 6) is 0.480. The SMILES string of the molecule is CCNC(=O)COc1cccc(NC(=O)C(C)Oc2cccc(Cl)c2)c1. The first-order valence-electron chi connectivity index (χ1n) is 8.20. The van der Waals surface area contributed by atoms with Crippen molar-refractivity contribution in [2.75, 3.05) is 18.5 Å². The summed E-state index contributed by atoms with van der Waals surface area (Å²) in [5, 5.41) is 5.93. The van der Waals surface area contributed by atoms with E-state index in [4.69, 9.17) is 21.1 Å². The van der Waals surface area contributed by atoms with Crippen LogP contribution in [-0.4, -0.2) is 31.1 Å². The van der Waals surface area contributed by atoms with E-state index in [0.717, 1.165) is 0 Å². The number of hydrogen-bond donors (Lipinski definition) is 2. The van der Waals surface area contributed by atoms with Crippen molar-refractivity contribution >= 4 is 29.1 Å². The number of nitrogens with one attached hydrogen (secondary N) is 2. The highest BCUT2D eigenvalue weighted by atomic mass is 35.5. The van der Waals surface area contributed by atoms with Crippen molar-refractivity contribution in [3.05, 3.63) is 53.6 Å². The number of ether oxygens (including phenoxy) is 2. The number of anilines is 1. The van der Waals surface area contributed by atoms with Crippen molar-refractivity contribution in [1.29, 1.82) is 0 Å². The van der Waals surface area contributed by atoms with E-state index in [1.807, 2.05) is 6.92 Å². The zero-order valence-corrected chi connectivity index (χ0v) is 15.4. The molecule has 2 rings (SSSR count). The van der Waals surface area contributed by atoms with Gasteiger partial charge in [0.05, 0.1) is 0 Å². The number of halogens is 1. The van der Waals surface area contributed by atoms with Gasteiger partial charge in [0.25, 0.3) is 11.8 Å². The van der Waals surface area contributed by atoms with Crippen LogP contribution in [0, 0.1) is 0 Å². The van der Waals surface area contributed by atoms with Gasteiger partial charge in [0.2, 0.25) is 0 Å². The second kappa shape index (κ2) is 9.68. The summed E-state index contributed by atoms with van der Waals surface area (Å²) in [6, 6.07) is 13.6. The Hall–Kier alpha value is -2.73. The predicted molar refractivity (Wildman–Crippen MR) is 101 cm³/mol. The zero-order chi connectivity index (χ0) is 18.9. The van der Waals surface area contributed by atoms with Crippen molar-refractivity contribution < 1.29 is 19.1 Å². The second-order valence-electron chi connectivity index (χ2n) is 5.48. The molecule has 0 saturated carbocycles. The molecule has 2 aromatic carbocycles. The molecule has 0 aliphatic rings. The fourth-order valence-electron chi connectivity index (χ4n) is 2.10. The van der Waals surface area contributed by atoms with Crippen LogP contribution in [0.4, 0.5) is 5.69 Å². The van der Waals surface area contributed by atoms with Gasteiger partial charge < -0.3 is 20.1 Å². The Bertz CT molecular complexity index is 767. The molecule has 26 heavy (non-hydrogen) atoms. The van der Waals surface area contributed by atoms with E-state index in [0.29, 0.717) is 28.8 Å². The molecule has 0 spiro atoms. The third kappa shape index (κ3) is 6.29. The van der Waals surface area contributed by atoms with Crippen LogP contribution in [0.15, 0.2) is 48.5 Å². The number of carbonyl (C=O) groups is 2. The van der Waals surface area contributed by atoms with Crippen LogP contribution in [0.5, 0.6) is 11.5 Å². The Morgan fingerprint density at radius 1 is 1.12 bits per heavy atom. The zero-order valence-electron chi connectivity index (χ0n) is 14.6. The van der Waals surface area contributed by atoms with Gasteiger partial charge in [0.15, 0.2) is 12.7 Å². The number of benzene rings is 2. The van der Waals surface area contributed by atoms with Gasteiger partial charge in [-0.15, -0.1) is 0 Å². The lowest BCUT2D eigenvalue weighted by atomic mass is 10.2. The largest absolute Gasteiger partial charge is 0.484 e. The van der Waals surface area contributed by atoms with Crippen LogP contribution < -0.4 is 20.1 Å². The Labute approximate surface area is 157 Å². The minimum absolute atomic E-state index is 0.0838. The second-order valence-corrected chi connectivity index (χ2v) is 5.91. The van der Waals surface area contributed by atoms with Crippen molar-refractivity contribution in [1.82, 2.24) is 5.32 Å². The van der Waals surface area contributed by atoms with Gasteiger partial charge in [-0.05, 0) is 44.2 Å². The normalized spacial score (nSPS) is 11.3. The van der Waals surface area contributed by atoms with Crippen molar-refractivity contribution in [3.8, 4) is 11.5 Å². The molecular weight excluding hydrogens is 356 g/mol. The molecule has 0 saturated heterocycles. The van der Waals surface area contributed by atoms with Crippen molar-refractivity contribution in [2.45, 2.75) is 20.0 Å². The molecule has 0 aliphatic carbocycles. The molecular formula is C19H21ClN2O4. The molecule has 2 aromatic rings. The third-order valence-corrected chi connectivity index (χ3v) is 3.56. The fraction of sp³-hybridized carbons (Fsp3) is 0.263. The third-order valence-electron chi connectivity index (χ3n) is 3.32. The molecule has 0 radical (unpaired) electrons. The summed E-state index contributed by atoms with van der Waals surface area (Å²) in [5.41, 5.74) is 0.546. The highest BCUT2D eigenvalue weighted by Gasteiger charge is 2.15. The maximum atomic E-state index is 12.3. The first-order valence-corrected chi connectivity index (χ1v) is 8.58. The lowest BCUT2D eigenvalue weighted by molar-refractivity contribution is -0.123. The van der Waals surface area contributed by atoms with Crippen LogP contribution in [0.25, 0.3) is 0 Å². The van der Waals surface area contributed by atoms with E-state index in [1.165, 1.54) is 0 Å². The molecule has 2 amide bonds. The molecule has 6 nitrogen and oxygen atoms in total. The minimum Gasteiger partial charge on any atom is -0.484 e. The van der Waals surface area contributed by atoms with Gasteiger partial charge >= 0.3 is 0 Å². The number of amides is 2. The van der Waals surface area contributed by atoms with Gasteiger partial charge in [0, 0.05) is 23.3 Å². The summed E-state index contributed by atoms with van der Waals surface area (Å²) in [4.78, 5) is 23.7. The molecule has 138 valence electrons. The minimum atomic E-state index is -0.714. The average Bonchev–Trinajstić information content (AvgIpc) is 2.60. The van der Waals surface area contributed by atoms with Crippen molar-refractivity contribution in [3.63, 3.8) is 0 Å². The maximum absolute atomic E-state index is 12.3. The summed E-state index contributed by atoms with van der Waals surface area (Å²) < 4.78 is 11.0. The van der Waals surface area contributed by atoms with E-state index in [9.17, 15) is 9.59 Å². The molecule has 2 N–H and O–H groups in total. The van der Waals surface area contributed by atoms with Crippen molar-refractivity contribution in [2.24, 2.45) is 0 Å². The first kappa shape index (κ1) is 19.6. The lowest BCUT2D eigenvalue weighted by Crippen LogP contribution is -2.30. The number of likely N-dealkylation sites (N-methyl/N-ethyl adjacent to an activating group) is 1. The number of rotatable bonds is 8. The summed E-state index contributed by atoms with van der Waals surface area (Å²) in [6.45, 7) is 3.94. The lowest BCUT2D eigenvalue weighted by Gasteiger charge is -2.15. The standard InChI is InChI=1S/C19H21ClN2O4/c1-3-21-18(23)12-25-16-8-5-7-15(11-16)22-19(24)13(2)26-17-9-4-6-14(20)10-17/h4-11,13H,3,12H2,1-2H3,(H,21,23)(H,22,24). The number of hydrogen-bond acceptors (Lipinski definition) is 4. The molecule has 0 aromatic heterocycles. The number of carbonyl (C=O) groups excluding carboxylic acids is 2. The highest BCUT2D eigenvalue weighted by molar-refractivity contribution is 6.30. The molecule has 1 unspecified atom stereocenters. The van der Waals surface area contributed by atoms with Crippen LogP contribution >= 0.6 is 11.6 Å². The van der Waals surface area contributed by atoms with E-state index >= 15 is 0 Å². The van der Waals surface area contributed by atoms with E-state index < -0.39 is 6.10 Å². The highest BCUT2D eigenvalue weighted by Crippen LogP contribution is 2.20. The van der Waals surface area contributed by atoms with E-state index in [2.05, 4.69) is 10.6 Å². The van der Waals surface area contributed by atoms with Crippen LogP contribution in [0.3, 0.4) is 0 Å². The summed E-state index contributed by atoms with van der Waals surface area (Å²) in [6.07, 6.45) is -0.714. The summed E-state index contributed by atoms with van der Waals surface area (Å²) >= 11 is 5.90. The Morgan fingerprint density at radius 2 is 1.85 bits per heavy atom. The van der Waals surface area contributed by atoms with E-state index in [1.54, 1.807) is 55.5 Å². The Balaban J connectivity index is 1.91. The monoisotopic (exact) mass is 376 g/mol. The molecule has 0 bridgehead atoms. The smallest absolute Gasteiger partial charge is 0.265 e. The van der Waals surface area contributed by atoms with Crippen LogP contribution in [-0.2, 0) is 9.59 Å². The van der Waals surface area contributed by atoms with Gasteiger partial charge in [-0.2, -0.15) is 0 Å². The van der Waals surface area contributed by atoms with Gasteiger partial charge in [-0.25, -0.2) is 0 Å². The topological polar surface area (TPSA) is 76.7 Å². The van der Waals surface area contributed by atoms with Gasteiger partial charge in [-0.1, -0.05) is 23.7 Å². The van der Waals surface area contributed by atoms with Crippen LogP contribution in [0.1, 0.15) is 13.8 Å². The predicted octanol–water partition coefficient (Wildman–Crippen LogP) is 3.26. The van der Waals surface area contributed by atoms with Gasteiger partial charge in [0.1, 0.15) is 11.5 Å². The molecule has 1 atom stereocenters. The fourth-order valence-corrected chi connectivity index (χ4v) is 2.28. The van der Waals surface area contributed by atoms with Crippen LogP contribution in [0.2, 0.25) is 5.02 Å². The van der Waals surface area contributed by atoms with E-state index in [-0.39, 0.29) is 18.4 Å². The summed E-state index contributed by atoms with van der Waals surface area (Å²) in [7, 11) is 0. The first-order chi connectivity index (χ1) is 12.5. The Morgan fingerprint density at radius 3 is 2.58 bits per heavy atom. The quantitative estimate of drug-likeness (QED) is 0.741. The molecule has 0 heterocycles. The van der Waals surface area contributed by atoms with Gasteiger partial charge in [-0.3, -0.25) is 9.59 Å². The molecule has 7 heteroatoms. The Kier molecular flexibility index (Phi) is 7.29.